The van der Waals surface area contributed by atoms with Crippen LogP contribution in [0, 0.1) is 28.9 Å². The van der Waals surface area contributed by atoms with E-state index in [1.165, 1.54) is 6.07 Å². The van der Waals surface area contributed by atoms with Gasteiger partial charge in [0.1, 0.15) is 0 Å². The first-order valence-electron chi connectivity index (χ1n) is 7.27. The Hall–Kier alpha value is -1.66. The molecule has 1 aliphatic heterocycles. The fourth-order valence-electron chi connectivity index (χ4n) is 3.65. The zero-order valence-corrected chi connectivity index (χ0v) is 13.2. The lowest BCUT2D eigenvalue weighted by Crippen LogP contribution is -2.33. The molecule has 2 aliphatic rings. The van der Waals surface area contributed by atoms with Crippen molar-refractivity contribution in [2.24, 2.45) is 17.6 Å². The molecule has 0 aromatic heterocycles. The first kappa shape index (κ1) is 16.7. The van der Waals surface area contributed by atoms with Crippen LogP contribution in [0.1, 0.15) is 28.8 Å². The number of nitro groups is 1. The molecule has 1 saturated carbocycles. The molecule has 3 rings (SSSR count). The molecule has 3 unspecified atom stereocenters. The Labute approximate surface area is 135 Å². The number of benzene rings is 1. The van der Waals surface area contributed by atoms with Gasteiger partial charge in [-0.3, -0.25) is 14.9 Å². The summed E-state index contributed by atoms with van der Waals surface area (Å²) >= 11 is 0. The Morgan fingerprint density at radius 1 is 1.36 bits per heavy atom. The van der Waals surface area contributed by atoms with Crippen LogP contribution in [0.3, 0.4) is 0 Å². The molecule has 1 heterocycles. The third kappa shape index (κ3) is 2.80. The van der Waals surface area contributed by atoms with Gasteiger partial charge >= 0.3 is 0 Å². The first-order valence-corrected chi connectivity index (χ1v) is 7.27. The van der Waals surface area contributed by atoms with Crippen molar-refractivity contribution < 1.29 is 9.72 Å². The predicted molar refractivity (Wildman–Crippen MR) is 85.2 cm³/mol. The molecule has 1 saturated heterocycles. The molecule has 120 valence electrons. The summed E-state index contributed by atoms with van der Waals surface area (Å²) in [7, 11) is 0. The van der Waals surface area contributed by atoms with Crippen molar-refractivity contribution >= 4 is 24.0 Å². The lowest BCUT2D eigenvalue weighted by Gasteiger charge is -2.19. The zero-order valence-electron chi connectivity index (χ0n) is 12.4. The number of carbonyl (C=O) groups excluding carboxylic acids is 1. The number of hydrogen-bond acceptors (Lipinski definition) is 4. The Bertz CT molecular complexity index is 608. The van der Waals surface area contributed by atoms with Crippen LogP contribution in [-0.2, 0) is 0 Å². The third-order valence-corrected chi connectivity index (χ3v) is 4.84. The molecule has 2 fully saturated rings. The molecule has 7 heteroatoms. The minimum Gasteiger partial charge on any atom is -0.338 e. The summed E-state index contributed by atoms with van der Waals surface area (Å²) in [5, 5.41) is 10.8. The number of nitro benzene ring substituents is 1. The van der Waals surface area contributed by atoms with Crippen molar-refractivity contribution in [1.29, 1.82) is 0 Å². The second-order valence-corrected chi connectivity index (χ2v) is 6.13. The quantitative estimate of drug-likeness (QED) is 0.666. The number of amides is 1. The second kappa shape index (κ2) is 6.22. The number of nitrogens with zero attached hydrogens (tertiary/aromatic N) is 2. The first-order chi connectivity index (χ1) is 9.97. The van der Waals surface area contributed by atoms with E-state index in [1.54, 1.807) is 19.1 Å². The van der Waals surface area contributed by atoms with Crippen LogP contribution in [0.4, 0.5) is 5.69 Å². The number of carbonyl (C=O) groups is 1. The normalized spacial score (nSPS) is 26.5. The Morgan fingerprint density at radius 3 is 2.68 bits per heavy atom. The monoisotopic (exact) mass is 325 g/mol. The predicted octanol–water partition coefficient (Wildman–Crippen LogP) is 2.13. The average Bonchev–Trinajstić information content (AvgIpc) is 3.00. The smallest absolute Gasteiger partial charge is 0.272 e. The third-order valence-electron chi connectivity index (χ3n) is 4.84. The minimum atomic E-state index is -0.428. The molecule has 1 aromatic rings. The summed E-state index contributed by atoms with van der Waals surface area (Å²) in [5.74, 6) is 0.880. The fourth-order valence-corrected chi connectivity index (χ4v) is 3.65. The molecule has 1 aromatic carbocycles. The van der Waals surface area contributed by atoms with Crippen LogP contribution in [0.25, 0.3) is 0 Å². The van der Waals surface area contributed by atoms with Gasteiger partial charge in [0, 0.05) is 36.3 Å². The molecule has 2 N–H and O–H groups in total. The summed E-state index contributed by atoms with van der Waals surface area (Å²) in [5.41, 5.74) is 7.17. The topological polar surface area (TPSA) is 89.5 Å². The van der Waals surface area contributed by atoms with E-state index in [9.17, 15) is 14.9 Å². The summed E-state index contributed by atoms with van der Waals surface area (Å²) in [6.45, 7) is 3.12. The molecule has 1 aliphatic carbocycles. The van der Waals surface area contributed by atoms with Gasteiger partial charge in [-0.1, -0.05) is 0 Å². The van der Waals surface area contributed by atoms with Crippen LogP contribution in [0.15, 0.2) is 18.2 Å². The number of likely N-dealkylation sites (tertiary alicyclic amines) is 1. The molecule has 6 nitrogen and oxygen atoms in total. The minimum absolute atomic E-state index is 0. The van der Waals surface area contributed by atoms with Crippen LogP contribution in [0.2, 0.25) is 0 Å². The van der Waals surface area contributed by atoms with E-state index in [2.05, 4.69) is 0 Å². The van der Waals surface area contributed by atoms with Crippen LogP contribution < -0.4 is 5.73 Å². The van der Waals surface area contributed by atoms with Crippen LogP contribution in [-0.4, -0.2) is 34.9 Å². The highest BCUT2D eigenvalue weighted by Crippen LogP contribution is 2.37. The molecule has 0 radical (unpaired) electrons. The molecule has 0 bridgehead atoms. The van der Waals surface area contributed by atoms with Gasteiger partial charge in [0.15, 0.2) is 0 Å². The standard InChI is InChI=1S/C15H19N3O3.ClH/c1-9-6-10(3-5-14(9)18(20)21)15(19)17-7-11-2-4-13(16)12(11)8-17;/h3,5-6,11-13H,2,4,7-8,16H2,1H3;1H. The maximum Gasteiger partial charge on any atom is 0.272 e. The Kier molecular flexibility index (Phi) is 4.72. The largest absolute Gasteiger partial charge is 0.338 e. The second-order valence-electron chi connectivity index (χ2n) is 6.13. The lowest BCUT2D eigenvalue weighted by molar-refractivity contribution is -0.385. The number of aryl methyl sites for hydroxylation is 1. The van der Waals surface area contributed by atoms with Gasteiger partial charge in [-0.25, -0.2) is 0 Å². The highest BCUT2D eigenvalue weighted by atomic mass is 35.5. The van der Waals surface area contributed by atoms with Crippen molar-refractivity contribution in [3.8, 4) is 0 Å². The average molecular weight is 326 g/mol. The van der Waals surface area contributed by atoms with Gasteiger partial charge in [-0.2, -0.15) is 0 Å². The maximum atomic E-state index is 12.5. The number of hydrogen-bond donors (Lipinski definition) is 1. The number of fused-ring (bicyclic) bond motifs is 1. The molecule has 1 amide bonds. The van der Waals surface area contributed by atoms with Gasteiger partial charge in [0.25, 0.3) is 11.6 Å². The Balaban J connectivity index is 0.00000176. The molecule has 22 heavy (non-hydrogen) atoms. The van der Waals surface area contributed by atoms with Crippen molar-refractivity contribution in [3.63, 3.8) is 0 Å². The van der Waals surface area contributed by atoms with Gasteiger partial charge in [-0.15, -0.1) is 12.4 Å². The van der Waals surface area contributed by atoms with Crippen molar-refractivity contribution in [1.82, 2.24) is 4.90 Å². The number of nitrogens with two attached hydrogens (primary N) is 1. The van der Waals surface area contributed by atoms with E-state index in [1.807, 2.05) is 4.90 Å². The SMILES string of the molecule is Cc1cc(C(=O)N2CC3CCC(N)C3C2)ccc1[N+](=O)[O-].Cl. The summed E-state index contributed by atoms with van der Waals surface area (Å²) in [4.78, 5) is 24.8. The van der Waals surface area contributed by atoms with E-state index in [-0.39, 0.29) is 30.0 Å². The van der Waals surface area contributed by atoms with Crippen molar-refractivity contribution in [2.75, 3.05) is 13.1 Å². The van der Waals surface area contributed by atoms with Gasteiger partial charge in [0.05, 0.1) is 4.92 Å². The van der Waals surface area contributed by atoms with E-state index >= 15 is 0 Å². The van der Waals surface area contributed by atoms with E-state index in [0.717, 1.165) is 19.4 Å². The van der Waals surface area contributed by atoms with Crippen molar-refractivity contribution in [3.05, 3.63) is 39.4 Å². The van der Waals surface area contributed by atoms with Gasteiger partial charge in [0.2, 0.25) is 0 Å². The molecule has 3 atom stereocenters. The molecule has 0 spiro atoms. The van der Waals surface area contributed by atoms with E-state index in [0.29, 0.717) is 29.5 Å². The number of halogens is 1. The molecular formula is C15H20ClN3O3. The van der Waals surface area contributed by atoms with E-state index in [4.69, 9.17) is 5.73 Å². The fraction of sp³-hybridized carbons (Fsp3) is 0.533. The summed E-state index contributed by atoms with van der Waals surface area (Å²) < 4.78 is 0. The van der Waals surface area contributed by atoms with Crippen LogP contribution in [0.5, 0.6) is 0 Å². The van der Waals surface area contributed by atoms with Crippen LogP contribution >= 0.6 is 12.4 Å². The lowest BCUT2D eigenvalue weighted by atomic mass is 9.98. The summed E-state index contributed by atoms with van der Waals surface area (Å²) in [6.07, 6.45) is 2.14. The van der Waals surface area contributed by atoms with Gasteiger partial charge in [-0.05, 0) is 43.7 Å². The zero-order chi connectivity index (χ0) is 15.1. The highest BCUT2D eigenvalue weighted by molar-refractivity contribution is 5.95. The molecular weight excluding hydrogens is 306 g/mol. The summed E-state index contributed by atoms with van der Waals surface area (Å²) in [6, 6.07) is 4.76. The van der Waals surface area contributed by atoms with Gasteiger partial charge < -0.3 is 10.6 Å². The highest BCUT2D eigenvalue weighted by Gasteiger charge is 2.42. The maximum absolute atomic E-state index is 12.5. The number of rotatable bonds is 2. The van der Waals surface area contributed by atoms with Crippen molar-refractivity contribution in [2.45, 2.75) is 25.8 Å². The van der Waals surface area contributed by atoms with E-state index < -0.39 is 4.92 Å². The Morgan fingerprint density at radius 2 is 2.09 bits per heavy atom.